The molecular weight excluding hydrogens is 391 g/mol. The van der Waals surface area contributed by atoms with Crippen LogP contribution >= 0.6 is 0 Å². The zero-order valence-electron chi connectivity index (χ0n) is 16.2. The first-order valence-electron chi connectivity index (χ1n) is 10.1. The van der Waals surface area contributed by atoms with Gasteiger partial charge in [0.2, 0.25) is 5.91 Å². The van der Waals surface area contributed by atoms with Crippen molar-refractivity contribution in [3.8, 4) is 11.1 Å². The van der Waals surface area contributed by atoms with Crippen LogP contribution in [0.3, 0.4) is 0 Å². The van der Waals surface area contributed by atoms with Crippen LogP contribution in [-0.2, 0) is 24.3 Å². The molecule has 1 aliphatic carbocycles. The second kappa shape index (κ2) is 7.31. The van der Waals surface area contributed by atoms with E-state index in [0.29, 0.717) is 30.8 Å². The van der Waals surface area contributed by atoms with Crippen molar-refractivity contribution in [3.63, 3.8) is 0 Å². The Morgan fingerprint density at radius 1 is 1.07 bits per heavy atom. The van der Waals surface area contributed by atoms with Gasteiger partial charge >= 0.3 is 0 Å². The molecule has 1 saturated carbocycles. The lowest BCUT2D eigenvalue weighted by Gasteiger charge is -2.28. The Balaban J connectivity index is 1.36. The van der Waals surface area contributed by atoms with E-state index in [-0.39, 0.29) is 24.1 Å². The summed E-state index contributed by atoms with van der Waals surface area (Å²) in [6, 6.07) is 8.92. The Bertz CT molecular complexity index is 1120. The average Bonchev–Trinajstić information content (AvgIpc) is 3.50. The minimum Gasteiger partial charge on any atom is -0.335 e. The SMILES string of the molecule is O=C(Cc1cc(F)c(F)c(C2CC2)c1)N1CCn2ncc(-c3ccc(F)cc3)c2C1. The first kappa shape index (κ1) is 18.9. The van der Waals surface area contributed by atoms with Gasteiger partial charge in [-0.1, -0.05) is 18.2 Å². The van der Waals surface area contributed by atoms with Crippen LogP contribution in [0.2, 0.25) is 0 Å². The van der Waals surface area contributed by atoms with Crippen LogP contribution in [0.25, 0.3) is 11.1 Å². The van der Waals surface area contributed by atoms with E-state index in [1.807, 2.05) is 4.68 Å². The molecule has 2 aliphatic rings. The third kappa shape index (κ3) is 3.49. The Hall–Kier alpha value is -3.09. The molecule has 30 heavy (non-hydrogen) atoms. The second-order valence-electron chi connectivity index (χ2n) is 7.98. The van der Waals surface area contributed by atoms with Gasteiger partial charge in [-0.2, -0.15) is 5.10 Å². The number of rotatable bonds is 4. The highest BCUT2D eigenvalue weighted by Gasteiger charge is 2.29. The Morgan fingerprint density at radius 2 is 1.83 bits per heavy atom. The molecule has 1 amide bonds. The Kier molecular flexibility index (Phi) is 4.60. The van der Waals surface area contributed by atoms with Crippen molar-refractivity contribution in [1.29, 1.82) is 0 Å². The fourth-order valence-electron chi connectivity index (χ4n) is 4.08. The first-order valence-corrected chi connectivity index (χ1v) is 10.1. The van der Waals surface area contributed by atoms with Crippen LogP contribution in [0, 0.1) is 17.5 Å². The minimum absolute atomic E-state index is 0.0247. The predicted octanol–water partition coefficient (Wildman–Crippen LogP) is 4.43. The van der Waals surface area contributed by atoms with Crippen LogP contribution < -0.4 is 0 Å². The standard InChI is InChI=1S/C23H20F3N3O/c24-17-5-3-16(4-6-17)19-12-27-29-8-7-28(13-21(19)29)22(30)11-14-9-18(15-1-2-15)23(26)20(25)10-14/h3-6,9-10,12,15H,1-2,7-8,11,13H2. The number of carbonyl (C=O) groups excluding carboxylic acids is 1. The van der Waals surface area contributed by atoms with Gasteiger partial charge in [-0.3, -0.25) is 9.48 Å². The van der Waals surface area contributed by atoms with Gasteiger partial charge in [-0.25, -0.2) is 13.2 Å². The highest BCUT2D eigenvalue weighted by Crippen LogP contribution is 2.42. The Labute approximate surface area is 171 Å². The molecule has 5 rings (SSSR count). The van der Waals surface area contributed by atoms with Crippen LogP contribution in [0.4, 0.5) is 13.2 Å². The summed E-state index contributed by atoms with van der Waals surface area (Å²) in [4.78, 5) is 14.6. The molecule has 2 aromatic carbocycles. The summed E-state index contributed by atoms with van der Waals surface area (Å²) < 4.78 is 43.1. The highest BCUT2D eigenvalue weighted by molar-refractivity contribution is 5.79. The molecule has 0 N–H and O–H groups in total. The van der Waals surface area contributed by atoms with E-state index < -0.39 is 11.6 Å². The van der Waals surface area contributed by atoms with Crippen molar-refractivity contribution in [2.24, 2.45) is 0 Å². The molecule has 1 fully saturated rings. The van der Waals surface area contributed by atoms with Gasteiger partial charge in [0.15, 0.2) is 11.6 Å². The minimum atomic E-state index is -0.891. The fourth-order valence-corrected chi connectivity index (χ4v) is 4.08. The highest BCUT2D eigenvalue weighted by atomic mass is 19.2. The summed E-state index contributed by atoms with van der Waals surface area (Å²) in [5.41, 5.74) is 3.45. The molecule has 0 radical (unpaired) electrons. The number of halogens is 3. The van der Waals surface area contributed by atoms with Crippen molar-refractivity contribution in [3.05, 3.63) is 76.9 Å². The summed E-state index contributed by atoms with van der Waals surface area (Å²) in [7, 11) is 0. The van der Waals surface area contributed by atoms with Crippen molar-refractivity contribution < 1.29 is 18.0 Å². The number of nitrogens with zero attached hydrogens (tertiary/aromatic N) is 3. The molecule has 0 saturated heterocycles. The first-order chi connectivity index (χ1) is 14.5. The molecule has 154 valence electrons. The van der Waals surface area contributed by atoms with Crippen LogP contribution in [0.1, 0.15) is 35.6 Å². The predicted molar refractivity (Wildman–Crippen MR) is 105 cm³/mol. The lowest BCUT2D eigenvalue weighted by Crippen LogP contribution is -2.39. The van der Waals surface area contributed by atoms with Gasteiger partial charge in [-0.15, -0.1) is 0 Å². The third-order valence-electron chi connectivity index (χ3n) is 5.87. The van der Waals surface area contributed by atoms with Crippen LogP contribution in [-0.4, -0.2) is 27.1 Å². The quantitative estimate of drug-likeness (QED) is 0.637. The molecule has 1 aromatic heterocycles. The summed E-state index contributed by atoms with van der Waals surface area (Å²) >= 11 is 0. The van der Waals surface area contributed by atoms with Crippen LogP contribution in [0.15, 0.2) is 42.6 Å². The van der Waals surface area contributed by atoms with Gasteiger partial charge in [-0.05, 0) is 53.6 Å². The number of aromatic nitrogens is 2. The number of amides is 1. The molecule has 3 aromatic rings. The van der Waals surface area contributed by atoms with E-state index in [9.17, 15) is 18.0 Å². The van der Waals surface area contributed by atoms with E-state index in [4.69, 9.17) is 0 Å². The molecule has 0 atom stereocenters. The maximum Gasteiger partial charge on any atom is 0.227 e. The topological polar surface area (TPSA) is 38.1 Å². The maximum atomic E-state index is 14.0. The van der Waals surface area contributed by atoms with Gasteiger partial charge in [0, 0.05) is 12.1 Å². The van der Waals surface area contributed by atoms with Crippen molar-refractivity contribution in [2.75, 3.05) is 6.54 Å². The largest absolute Gasteiger partial charge is 0.335 e. The molecule has 0 bridgehead atoms. The normalized spacial score (nSPS) is 15.9. The van der Waals surface area contributed by atoms with Crippen LogP contribution in [0.5, 0.6) is 0 Å². The lowest BCUT2D eigenvalue weighted by atomic mass is 10.0. The van der Waals surface area contributed by atoms with E-state index in [2.05, 4.69) is 5.10 Å². The third-order valence-corrected chi connectivity index (χ3v) is 5.87. The zero-order valence-corrected chi connectivity index (χ0v) is 16.2. The Morgan fingerprint density at radius 3 is 2.57 bits per heavy atom. The number of carbonyl (C=O) groups is 1. The van der Waals surface area contributed by atoms with Gasteiger partial charge in [0.1, 0.15) is 5.82 Å². The van der Waals surface area contributed by atoms with Crippen molar-refractivity contribution >= 4 is 5.91 Å². The lowest BCUT2D eigenvalue weighted by molar-refractivity contribution is -0.131. The fraction of sp³-hybridized carbons (Fsp3) is 0.304. The van der Waals surface area contributed by atoms with Gasteiger partial charge in [0.25, 0.3) is 0 Å². The van der Waals surface area contributed by atoms with E-state index in [1.54, 1.807) is 29.3 Å². The number of hydrogen-bond donors (Lipinski definition) is 0. The summed E-state index contributed by atoms with van der Waals surface area (Å²) in [6.07, 6.45) is 3.47. The molecule has 0 spiro atoms. The average molecular weight is 411 g/mol. The summed E-state index contributed by atoms with van der Waals surface area (Å²) in [5, 5.41) is 4.39. The second-order valence-corrected chi connectivity index (χ2v) is 7.98. The molecule has 2 heterocycles. The molecule has 4 nitrogen and oxygen atoms in total. The number of fused-ring (bicyclic) bond motifs is 1. The van der Waals surface area contributed by atoms with Gasteiger partial charge < -0.3 is 4.90 Å². The van der Waals surface area contributed by atoms with E-state index >= 15 is 0 Å². The molecular formula is C23H20F3N3O. The maximum absolute atomic E-state index is 14.0. The zero-order chi connectivity index (χ0) is 20.8. The molecule has 7 heteroatoms. The summed E-state index contributed by atoms with van der Waals surface area (Å²) in [6.45, 7) is 1.41. The van der Waals surface area contributed by atoms with E-state index in [0.717, 1.165) is 35.7 Å². The van der Waals surface area contributed by atoms with E-state index in [1.165, 1.54) is 12.1 Å². The van der Waals surface area contributed by atoms with Crippen molar-refractivity contribution in [2.45, 2.75) is 38.3 Å². The molecule has 1 aliphatic heterocycles. The smallest absolute Gasteiger partial charge is 0.227 e. The number of hydrogen-bond acceptors (Lipinski definition) is 2. The monoisotopic (exact) mass is 411 g/mol. The number of benzene rings is 2. The molecule has 0 unspecified atom stereocenters. The van der Waals surface area contributed by atoms with Crippen molar-refractivity contribution in [1.82, 2.24) is 14.7 Å². The van der Waals surface area contributed by atoms with Gasteiger partial charge in [0.05, 0.1) is 31.4 Å². The summed E-state index contributed by atoms with van der Waals surface area (Å²) in [5.74, 6) is -2.07.